The van der Waals surface area contributed by atoms with Gasteiger partial charge in [-0.1, -0.05) is 0 Å². The Balaban J connectivity index is 2.59. The summed E-state index contributed by atoms with van der Waals surface area (Å²) in [5, 5.41) is 4.03. The first-order valence-electron chi connectivity index (χ1n) is 5.32. The summed E-state index contributed by atoms with van der Waals surface area (Å²) in [6, 6.07) is 0.123. The van der Waals surface area contributed by atoms with Crippen molar-refractivity contribution in [3.05, 3.63) is 12.2 Å². The van der Waals surface area contributed by atoms with Gasteiger partial charge in [0.1, 0.15) is 12.2 Å². The highest BCUT2D eigenvalue weighted by molar-refractivity contribution is 4.90. The third kappa shape index (κ3) is 3.55. The van der Waals surface area contributed by atoms with E-state index in [1.807, 2.05) is 20.9 Å². The molecular weight excluding hydrogens is 206 g/mol. The molecule has 0 saturated heterocycles. The van der Waals surface area contributed by atoms with Crippen molar-refractivity contribution >= 4 is 0 Å². The Morgan fingerprint density at radius 2 is 2.31 bits per heavy atom. The van der Waals surface area contributed by atoms with Gasteiger partial charge in [-0.2, -0.15) is 5.10 Å². The maximum Gasteiger partial charge on any atom is 0.138 e. The lowest BCUT2D eigenvalue weighted by molar-refractivity contribution is 0.00689. The topological polar surface area (TPSA) is 78.0 Å². The molecule has 1 aromatic rings. The second kappa shape index (κ2) is 5.38. The van der Waals surface area contributed by atoms with Crippen LogP contribution < -0.4 is 11.3 Å². The molecule has 6 heteroatoms. The van der Waals surface area contributed by atoms with Gasteiger partial charge in [-0.25, -0.2) is 4.98 Å². The first kappa shape index (κ1) is 13.1. The molecule has 1 rings (SSSR count). The molecule has 0 bridgehead atoms. The number of ether oxygens (including phenoxy) is 1. The van der Waals surface area contributed by atoms with Gasteiger partial charge in [0, 0.05) is 26.6 Å². The number of rotatable bonds is 6. The average molecular weight is 227 g/mol. The molecule has 0 aliphatic heterocycles. The Labute approximate surface area is 96.2 Å². The Morgan fingerprint density at radius 1 is 1.62 bits per heavy atom. The standard InChI is InChI=1S/C10H21N5O/c1-10(2,16-4)6-8(14-11)5-9-12-7-13-15(9)3/h7-8,14H,5-6,11H2,1-4H3. The minimum absolute atomic E-state index is 0.123. The first-order valence-corrected chi connectivity index (χ1v) is 5.32. The van der Waals surface area contributed by atoms with Crippen molar-refractivity contribution in [1.29, 1.82) is 0 Å². The number of nitrogens with zero attached hydrogens (tertiary/aromatic N) is 3. The van der Waals surface area contributed by atoms with Crippen molar-refractivity contribution in [2.45, 2.75) is 38.3 Å². The Hall–Kier alpha value is -0.980. The molecule has 1 unspecified atom stereocenters. The fourth-order valence-electron chi connectivity index (χ4n) is 1.59. The van der Waals surface area contributed by atoms with E-state index in [0.29, 0.717) is 0 Å². The molecule has 92 valence electrons. The van der Waals surface area contributed by atoms with Crippen LogP contribution in [0.1, 0.15) is 26.1 Å². The van der Waals surface area contributed by atoms with Crippen molar-refractivity contribution in [3.63, 3.8) is 0 Å². The lowest BCUT2D eigenvalue weighted by atomic mass is 9.97. The third-order valence-corrected chi connectivity index (χ3v) is 2.76. The van der Waals surface area contributed by atoms with Crippen LogP contribution in [-0.2, 0) is 18.2 Å². The van der Waals surface area contributed by atoms with E-state index in [1.54, 1.807) is 18.1 Å². The Morgan fingerprint density at radius 3 is 2.75 bits per heavy atom. The van der Waals surface area contributed by atoms with Gasteiger partial charge < -0.3 is 4.74 Å². The predicted octanol–water partition coefficient (Wildman–Crippen LogP) is 0.00460. The molecule has 6 nitrogen and oxygen atoms in total. The van der Waals surface area contributed by atoms with Crippen molar-refractivity contribution in [2.75, 3.05) is 7.11 Å². The van der Waals surface area contributed by atoms with E-state index < -0.39 is 0 Å². The molecule has 0 aliphatic carbocycles. The lowest BCUT2D eigenvalue weighted by Gasteiger charge is -2.27. The minimum atomic E-state index is -0.199. The van der Waals surface area contributed by atoms with Crippen LogP contribution >= 0.6 is 0 Å². The highest BCUT2D eigenvalue weighted by Gasteiger charge is 2.23. The smallest absolute Gasteiger partial charge is 0.138 e. The zero-order chi connectivity index (χ0) is 12.2. The van der Waals surface area contributed by atoms with E-state index in [1.165, 1.54) is 0 Å². The summed E-state index contributed by atoms with van der Waals surface area (Å²) in [6.07, 6.45) is 3.09. The molecule has 1 atom stereocenters. The zero-order valence-electron chi connectivity index (χ0n) is 10.4. The van der Waals surface area contributed by atoms with E-state index in [4.69, 9.17) is 10.6 Å². The summed E-state index contributed by atoms with van der Waals surface area (Å²) >= 11 is 0. The number of nitrogens with two attached hydrogens (primary N) is 1. The number of hydrogen-bond donors (Lipinski definition) is 2. The number of nitrogens with one attached hydrogen (secondary N) is 1. The van der Waals surface area contributed by atoms with Crippen LogP contribution in [-0.4, -0.2) is 33.5 Å². The number of hydrogen-bond acceptors (Lipinski definition) is 5. The summed E-state index contributed by atoms with van der Waals surface area (Å²) in [6.45, 7) is 4.07. The maximum atomic E-state index is 5.54. The fourth-order valence-corrected chi connectivity index (χ4v) is 1.59. The van der Waals surface area contributed by atoms with Gasteiger partial charge >= 0.3 is 0 Å². The summed E-state index contributed by atoms with van der Waals surface area (Å²) in [5.41, 5.74) is 2.60. The summed E-state index contributed by atoms with van der Waals surface area (Å²) < 4.78 is 7.14. The van der Waals surface area contributed by atoms with Gasteiger partial charge in [-0.05, 0) is 20.3 Å². The molecule has 16 heavy (non-hydrogen) atoms. The molecule has 3 N–H and O–H groups in total. The first-order chi connectivity index (χ1) is 7.48. The Kier molecular flexibility index (Phi) is 4.40. The maximum absolute atomic E-state index is 5.54. The molecule has 1 heterocycles. The Bertz CT molecular complexity index is 323. The van der Waals surface area contributed by atoms with E-state index in [2.05, 4.69) is 15.5 Å². The van der Waals surface area contributed by atoms with Gasteiger partial charge in [0.05, 0.1) is 5.60 Å². The van der Waals surface area contributed by atoms with Gasteiger partial charge in [-0.15, -0.1) is 0 Å². The molecule has 0 amide bonds. The van der Waals surface area contributed by atoms with Crippen molar-refractivity contribution in [1.82, 2.24) is 20.2 Å². The van der Waals surface area contributed by atoms with E-state index >= 15 is 0 Å². The van der Waals surface area contributed by atoms with Gasteiger partial charge in [-0.3, -0.25) is 16.0 Å². The van der Waals surface area contributed by atoms with E-state index in [0.717, 1.165) is 18.7 Å². The summed E-state index contributed by atoms with van der Waals surface area (Å²) in [4.78, 5) is 4.17. The fraction of sp³-hybridized carbons (Fsp3) is 0.800. The lowest BCUT2D eigenvalue weighted by Crippen LogP contribution is -2.43. The largest absolute Gasteiger partial charge is 0.379 e. The average Bonchev–Trinajstić information content (AvgIpc) is 2.63. The normalized spacial score (nSPS) is 14.1. The summed E-state index contributed by atoms with van der Waals surface area (Å²) in [5.74, 6) is 6.45. The van der Waals surface area contributed by atoms with Gasteiger partial charge in [0.15, 0.2) is 0 Å². The molecular formula is C10H21N5O. The van der Waals surface area contributed by atoms with Crippen molar-refractivity contribution in [2.24, 2.45) is 12.9 Å². The van der Waals surface area contributed by atoms with Crippen LogP contribution in [0.15, 0.2) is 6.33 Å². The molecule has 0 fully saturated rings. The molecule has 0 saturated carbocycles. The molecule has 0 aromatic carbocycles. The van der Waals surface area contributed by atoms with Crippen LogP contribution in [0.5, 0.6) is 0 Å². The van der Waals surface area contributed by atoms with Crippen molar-refractivity contribution in [3.8, 4) is 0 Å². The van der Waals surface area contributed by atoms with Crippen LogP contribution in [0, 0.1) is 0 Å². The van der Waals surface area contributed by atoms with Crippen molar-refractivity contribution < 1.29 is 4.74 Å². The summed E-state index contributed by atoms with van der Waals surface area (Å²) in [7, 11) is 3.58. The highest BCUT2D eigenvalue weighted by Crippen LogP contribution is 2.17. The molecule has 0 spiro atoms. The predicted molar refractivity (Wildman–Crippen MR) is 61.5 cm³/mol. The second-order valence-electron chi connectivity index (χ2n) is 4.54. The quantitative estimate of drug-likeness (QED) is 0.528. The van der Waals surface area contributed by atoms with E-state index in [9.17, 15) is 0 Å². The van der Waals surface area contributed by atoms with Crippen LogP contribution in [0.3, 0.4) is 0 Å². The number of hydrazine groups is 1. The van der Waals surface area contributed by atoms with Crippen LogP contribution in [0.25, 0.3) is 0 Å². The second-order valence-corrected chi connectivity index (χ2v) is 4.54. The molecule has 0 aliphatic rings. The third-order valence-electron chi connectivity index (χ3n) is 2.76. The van der Waals surface area contributed by atoms with Gasteiger partial charge in [0.25, 0.3) is 0 Å². The molecule has 1 aromatic heterocycles. The number of methoxy groups -OCH3 is 1. The number of aryl methyl sites for hydroxylation is 1. The number of aromatic nitrogens is 3. The van der Waals surface area contributed by atoms with Crippen LogP contribution in [0.4, 0.5) is 0 Å². The van der Waals surface area contributed by atoms with Gasteiger partial charge in [0.2, 0.25) is 0 Å². The van der Waals surface area contributed by atoms with Crippen LogP contribution in [0.2, 0.25) is 0 Å². The monoisotopic (exact) mass is 227 g/mol. The van der Waals surface area contributed by atoms with E-state index in [-0.39, 0.29) is 11.6 Å². The minimum Gasteiger partial charge on any atom is -0.379 e. The SMILES string of the molecule is COC(C)(C)CC(Cc1ncnn1C)NN. The highest BCUT2D eigenvalue weighted by atomic mass is 16.5. The zero-order valence-corrected chi connectivity index (χ0v) is 10.4. The molecule has 0 radical (unpaired) electrons.